The van der Waals surface area contributed by atoms with Gasteiger partial charge in [0.1, 0.15) is 0 Å². The molecule has 0 radical (unpaired) electrons. The third-order valence-corrected chi connectivity index (χ3v) is 9.29. The molecular weight excluding hydrogens is 338 g/mol. The summed E-state index contributed by atoms with van der Waals surface area (Å²) in [7, 11) is -0.570. The molecule has 0 amide bonds. The lowest BCUT2D eigenvalue weighted by atomic mass is 10.0. The number of methoxy groups -OCH3 is 1. The van der Waals surface area contributed by atoms with Gasteiger partial charge in [0.05, 0.1) is 18.6 Å². The third-order valence-electron chi connectivity index (χ3n) is 4.81. The molecule has 0 unspecified atom stereocenters. The first kappa shape index (κ1) is 21.3. The van der Waals surface area contributed by atoms with Crippen molar-refractivity contribution < 1.29 is 18.9 Å². The van der Waals surface area contributed by atoms with E-state index in [2.05, 4.69) is 38.6 Å². The molecule has 0 aliphatic carbocycles. The molecule has 25 heavy (non-hydrogen) atoms. The summed E-state index contributed by atoms with van der Waals surface area (Å²) < 4.78 is 10.7. The Labute approximate surface area is 150 Å². The lowest BCUT2D eigenvalue weighted by Crippen LogP contribution is -2.40. The van der Waals surface area contributed by atoms with Crippen LogP contribution < -0.4 is 0 Å². The Kier molecular flexibility index (Phi) is 7.31. The fourth-order valence-electron chi connectivity index (χ4n) is 2.09. The summed E-state index contributed by atoms with van der Waals surface area (Å²) in [6, 6.07) is 5.22. The summed E-state index contributed by atoms with van der Waals surface area (Å²) in [5.74, 6) is -0.304. The Morgan fingerprint density at radius 3 is 2.44 bits per heavy atom. The maximum atomic E-state index is 11.4. The van der Waals surface area contributed by atoms with Gasteiger partial charge >= 0.3 is 5.97 Å². The smallest absolute Gasteiger partial charge is 0.305 e. The number of ether oxygens (including phenoxy) is 1. The second kappa shape index (κ2) is 8.58. The van der Waals surface area contributed by atoms with Crippen LogP contribution in [0.5, 0.6) is 0 Å². The number of esters is 1. The number of nitro groups is 1. The molecular formula is C18H29NO5Si. The van der Waals surface area contributed by atoms with Gasteiger partial charge in [-0.05, 0) is 36.5 Å². The fourth-order valence-corrected chi connectivity index (χ4v) is 3.05. The van der Waals surface area contributed by atoms with Crippen LogP contribution in [-0.2, 0) is 27.0 Å². The lowest BCUT2D eigenvalue weighted by molar-refractivity contribution is -0.385. The first-order valence-electron chi connectivity index (χ1n) is 8.45. The van der Waals surface area contributed by atoms with E-state index in [0.29, 0.717) is 25.0 Å². The third kappa shape index (κ3) is 6.25. The second-order valence-corrected chi connectivity index (χ2v) is 12.5. The van der Waals surface area contributed by atoms with Crippen molar-refractivity contribution in [2.24, 2.45) is 0 Å². The molecule has 1 aromatic rings. The van der Waals surface area contributed by atoms with Crippen LogP contribution in [0, 0.1) is 10.1 Å². The van der Waals surface area contributed by atoms with Crippen LogP contribution in [0.15, 0.2) is 18.2 Å². The number of benzene rings is 1. The zero-order chi connectivity index (χ0) is 19.3. The average Bonchev–Trinajstić information content (AvgIpc) is 2.52. The number of hydrogen-bond acceptors (Lipinski definition) is 5. The monoisotopic (exact) mass is 367 g/mol. The topological polar surface area (TPSA) is 78.7 Å². The highest BCUT2D eigenvalue weighted by atomic mass is 28.4. The van der Waals surface area contributed by atoms with Gasteiger partial charge in [0.15, 0.2) is 8.32 Å². The Hall–Kier alpha value is -1.73. The minimum absolute atomic E-state index is 0.0844. The van der Waals surface area contributed by atoms with Gasteiger partial charge in [-0.3, -0.25) is 14.9 Å². The lowest BCUT2D eigenvalue weighted by Gasteiger charge is -2.36. The van der Waals surface area contributed by atoms with E-state index in [1.165, 1.54) is 7.11 Å². The van der Waals surface area contributed by atoms with Crippen LogP contribution in [0.3, 0.4) is 0 Å². The van der Waals surface area contributed by atoms with E-state index in [1.54, 1.807) is 12.1 Å². The standard InChI is InChI=1S/C18H29NO5Si/c1-18(2,3)25(5,6)24-13-14-10-11-15(16(12-14)19(21)22)8-7-9-17(20)23-4/h10-12H,7-9,13H2,1-6H3. The van der Waals surface area contributed by atoms with Gasteiger partial charge in [0.2, 0.25) is 0 Å². The van der Waals surface area contributed by atoms with Crippen molar-refractivity contribution in [3.05, 3.63) is 39.4 Å². The molecule has 0 bridgehead atoms. The van der Waals surface area contributed by atoms with E-state index >= 15 is 0 Å². The first-order valence-corrected chi connectivity index (χ1v) is 11.4. The predicted octanol–water partition coefficient (Wildman–Crippen LogP) is 4.61. The van der Waals surface area contributed by atoms with Crippen molar-refractivity contribution >= 4 is 20.0 Å². The molecule has 0 spiro atoms. The van der Waals surface area contributed by atoms with Crippen molar-refractivity contribution in [3.63, 3.8) is 0 Å². The predicted molar refractivity (Wildman–Crippen MR) is 100 cm³/mol. The number of carbonyl (C=O) groups is 1. The van der Waals surface area contributed by atoms with Crippen LogP contribution in [0.2, 0.25) is 18.1 Å². The Balaban J connectivity index is 2.83. The molecule has 140 valence electrons. The molecule has 1 aromatic carbocycles. The molecule has 0 saturated heterocycles. The molecule has 0 atom stereocenters. The average molecular weight is 368 g/mol. The van der Waals surface area contributed by atoms with Crippen LogP contribution in [0.1, 0.15) is 44.7 Å². The molecule has 0 aliphatic heterocycles. The number of nitrogens with zero attached hydrogens (tertiary/aromatic N) is 1. The summed E-state index contributed by atoms with van der Waals surface area (Å²) in [4.78, 5) is 22.2. The van der Waals surface area contributed by atoms with Gasteiger partial charge in [0.25, 0.3) is 5.69 Å². The van der Waals surface area contributed by atoms with E-state index in [-0.39, 0.29) is 28.0 Å². The number of carbonyl (C=O) groups excluding carboxylic acids is 1. The number of rotatable bonds is 8. The Morgan fingerprint density at radius 2 is 1.92 bits per heavy atom. The van der Waals surface area contributed by atoms with Crippen molar-refractivity contribution in [1.29, 1.82) is 0 Å². The van der Waals surface area contributed by atoms with Gasteiger partial charge in [-0.15, -0.1) is 0 Å². The van der Waals surface area contributed by atoms with Crippen molar-refractivity contribution in [3.8, 4) is 0 Å². The summed E-state index contributed by atoms with van der Waals surface area (Å²) in [5.41, 5.74) is 1.51. The number of nitro benzene ring substituents is 1. The van der Waals surface area contributed by atoms with Gasteiger partial charge in [-0.1, -0.05) is 32.9 Å². The molecule has 0 fully saturated rings. The van der Waals surface area contributed by atoms with Crippen LogP contribution in [0.4, 0.5) is 5.69 Å². The molecule has 0 aromatic heterocycles. The van der Waals surface area contributed by atoms with E-state index in [9.17, 15) is 14.9 Å². The first-order chi connectivity index (χ1) is 11.5. The van der Waals surface area contributed by atoms with Crippen LogP contribution >= 0.6 is 0 Å². The molecule has 7 heteroatoms. The molecule has 0 N–H and O–H groups in total. The van der Waals surface area contributed by atoms with Gasteiger partial charge < -0.3 is 9.16 Å². The Bertz CT molecular complexity index is 622. The van der Waals surface area contributed by atoms with Crippen LogP contribution in [0.25, 0.3) is 0 Å². The highest BCUT2D eigenvalue weighted by Crippen LogP contribution is 2.37. The highest BCUT2D eigenvalue weighted by Gasteiger charge is 2.37. The zero-order valence-electron chi connectivity index (χ0n) is 16.0. The number of hydrogen-bond donors (Lipinski definition) is 0. The minimum atomic E-state index is -1.90. The summed E-state index contributed by atoms with van der Waals surface area (Å²) >= 11 is 0. The van der Waals surface area contributed by atoms with E-state index in [1.807, 2.05) is 6.07 Å². The summed E-state index contributed by atoms with van der Waals surface area (Å²) in [6.45, 7) is 11.2. The molecule has 0 saturated carbocycles. The normalized spacial score (nSPS) is 12.1. The van der Waals surface area contributed by atoms with Crippen LogP contribution in [-0.4, -0.2) is 26.3 Å². The summed E-state index contributed by atoms with van der Waals surface area (Å²) in [5, 5.41) is 11.5. The minimum Gasteiger partial charge on any atom is -0.469 e. The number of aryl methyl sites for hydroxylation is 1. The molecule has 6 nitrogen and oxygen atoms in total. The van der Waals surface area contributed by atoms with Gasteiger partial charge in [-0.2, -0.15) is 0 Å². The molecule has 0 aliphatic rings. The fraction of sp³-hybridized carbons (Fsp3) is 0.611. The van der Waals surface area contributed by atoms with E-state index in [4.69, 9.17) is 4.43 Å². The highest BCUT2D eigenvalue weighted by molar-refractivity contribution is 6.74. The summed E-state index contributed by atoms with van der Waals surface area (Å²) in [6.07, 6.45) is 1.24. The Morgan fingerprint density at radius 1 is 1.28 bits per heavy atom. The van der Waals surface area contributed by atoms with Crippen molar-refractivity contribution in [2.75, 3.05) is 7.11 Å². The maximum absolute atomic E-state index is 11.4. The largest absolute Gasteiger partial charge is 0.469 e. The molecule has 1 rings (SSSR count). The van der Waals surface area contributed by atoms with Crippen molar-refractivity contribution in [2.45, 2.75) is 64.8 Å². The quantitative estimate of drug-likeness (QED) is 0.290. The second-order valence-electron chi connectivity index (χ2n) is 7.70. The van der Waals surface area contributed by atoms with E-state index < -0.39 is 8.32 Å². The molecule has 0 heterocycles. The van der Waals surface area contributed by atoms with Gasteiger partial charge in [0, 0.05) is 18.1 Å². The van der Waals surface area contributed by atoms with Crippen molar-refractivity contribution in [1.82, 2.24) is 0 Å². The van der Waals surface area contributed by atoms with Gasteiger partial charge in [-0.25, -0.2) is 0 Å². The maximum Gasteiger partial charge on any atom is 0.305 e. The SMILES string of the molecule is COC(=O)CCCc1ccc(CO[Si](C)(C)C(C)(C)C)cc1[N+](=O)[O-]. The zero-order valence-corrected chi connectivity index (χ0v) is 17.0. The van der Waals surface area contributed by atoms with E-state index in [0.717, 1.165) is 5.56 Å².